The summed E-state index contributed by atoms with van der Waals surface area (Å²) in [6.45, 7) is 0.512. The summed E-state index contributed by atoms with van der Waals surface area (Å²) in [6, 6.07) is 16.5. The summed E-state index contributed by atoms with van der Waals surface area (Å²) in [5.74, 6) is -0.491. The number of carbonyl (C=O) groups excluding carboxylic acids is 2. The number of ether oxygens (including phenoxy) is 1. The number of hydrogen-bond acceptors (Lipinski definition) is 3. The second-order valence-corrected chi connectivity index (χ2v) is 7.88. The molecule has 138 valence electrons. The molecule has 2 fully saturated rings. The standard InChI is InChI=1S/C23H23NO3/c25-21-13-15(14-24(21)16-7-1-2-8-16)23(26)27-22-19-11-5-3-9-17(19)18-10-4-6-12-20(18)22/h3-6,9-12,15-16,22H,1-2,7-8,13-14H2/t15-/m1/s1. The number of esters is 1. The molecule has 5 rings (SSSR count). The maximum absolute atomic E-state index is 12.9. The molecule has 2 aromatic carbocycles. The molecule has 0 bridgehead atoms. The molecule has 0 spiro atoms. The first-order chi connectivity index (χ1) is 13.2. The normalized spacial score (nSPS) is 22.1. The Kier molecular flexibility index (Phi) is 4.00. The molecule has 2 aliphatic carbocycles. The molecule has 0 radical (unpaired) electrons. The van der Waals surface area contributed by atoms with Crippen LogP contribution < -0.4 is 0 Å². The van der Waals surface area contributed by atoms with Crippen LogP contribution in [-0.2, 0) is 14.3 Å². The van der Waals surface area contributed by atoms with E-state index in [1.165, 1.54) is 12.8 Å². The first kappa shape index (κ1) is 16.5. The van der Waals surface area contributed by atoms with Crippen LogP contribution in [0.1, 0.15) is 49.3 Å². The molecule has 1 amide bonds. The number of carbonyl (C=O) groups is 2. The molecule has 1 atom stereocenters. The Bertz CT molecular complexity index is 855. The second-order valence-electron chi connectivity index (χ2n) is 7.88. The summed E-state index contributed by atoms with van der Waals surface area (Å²) >= 11 is 0. The van der Waals surface area contributed by atoms with E-state index in [1.807, 2.05) is 41.3 Å². The largest absolute Gasteiger partial charge is 0.452 e. The van der Waals surface area contributed by atoms with Crippen molar-refractivity contribution >= 4 is 11.9 Å². The van der Waals surface area contributed by atoms with Crippen LogP contribution in [0.15, 0.2) is 48.5 Å². The monoisotopic (exact) mass is 361 g/mol. The van der Waals surface area contributed by atoms with E-state index in [0.717, 1.165) is 35.1 Å². The summed E-state index contributed by atoms with van der Waals surface area (Å²) in [5.41, 5.74) is 4.31. The first-order valence-electron chi connectivity index (χ1n) is 9.90. The van der Waals surface area contributed by atoms with Gasteiger partial charge < -0.3 is 9.64 Å². The maximum atomic E-state index is 12.9. The van der Waals surface area contributed by atoms with Crippen LogP contribution in [0, 0.1) is 5.92 Å². The summed E-state index contributed by atoms with van der Waals surface area (Å²) in [6.07, 6.45) is 4.40. The van der Waals surface area contributed by atoms with Crippen LogP contribution in [0.5, 0.6) is 0 Å². The number of amides is 1. The van der Waals surface area contributed by atoms with E-state index in [9.17, 15) is 9.59 Å². The third kappa shape index (κ3) is 2.75. The van der Waals surface area contributed by atoms with Crippen LogP contribution in [0.25, 0.3) is 11.1 Å². The molecular formula is C23H23NO3. The Morgan fingerprint density at radius 2 is 1.52 bits per heavy atom. The topological polar surface area (TPSA) is 46.6 Å². The molecule has 1 aliphatic heterocycles. The number of fused-ring (bicyclic) bond motifs is 3. The minimum atomic E-state index is -0.375. The quantitative estimate of drug-likeness (QED) is 0.774. The fraction of sp³-hybridized carbons (Fsp3) is 0.391. The zero-order valence-corrected chi connectivity index (χ0v) is 15.3. The van der Waals surface area contributed by atoms with Crippen molar-refractivity contribution in [2.75, 3.05) is 6.54 Å². The van der Waals surface area contributed by atoms with E-state index in [0.29, 0.717) is 12.6 Å². The van der Waals surface area contributed by atoms with Crippen molar-refractivity contribution < 1.29 is 14.3 Å². The average molecular weight is 361 g/mol. The van der Waals surface area contributed by atoms with Crippen molar-refractivity contribution in [3.8, 4) is 11.1 Å². The number of nitrogens with zero attached hydrogens (tertiary/aromatic N) is 1. The van der Waals surface area contributed by atoms with Crippen molar-refractivity contribution in [1.29, 1.82) is 0 Å². The highest BCUT2D eigenvalue weighted by Gasteiger charge is 2.41. The van der Waals surface area contributed by atoms with Gasteiger partial charge in [0.15, 0.2) is 6.10 Å². The molecule has 0 aromatic heterocycles. The molecule has 0 N–H and O–H groups in total. The van der Waals surface area contributed by atoms with E-state index in [-0.39, 0.29) is 30.3 Å². The SMILES string of the molecule is O=C(OC1c2ccccc2-c2ccccc21)[C@@H]1CC(=O)N(C2CCCC2)C1. The van der Waals surface area contributed by atoms with Crippen LogP contribution in [0.4, 0.5) is 0 Å². The Hall–Kier alpha value is -2.62. The van der Waals surface area contributed by atoms with Crippen LogP contribution in [0.2, 0.25) is 0 Å². The highest BCUT2D eigenvalue weighted by atomic mass is 16.5. The molecule has 2 aromatic rings. The van der Waals surface area contributed by atoms with Gasteiger partial charge in [0.25, 0.3) is 0 Å². The van der Waals surface area contributed by atoms with Crippen molar-refractivity contribution in [3.05, 3.63) is 59.7 Å². The van der Waals surface area contributed by atoms with Crippen LogP contribution in [-0.4, -0.2) is 29.4 Å². The van der Waals surface area contributed by atoms with Gasteiger partial charge in [-0.1, -0.05) is 61.4 Å². The smallest absolute Gasteiger partial charge is 0.312 e. The lowest BCUT2D eigenvalue weighted by atomic mass is 10.1. The van der Waals surface area contributed by atoms with Gasteiger partial charge in [-0.05, 0) is 24.0 Å². The Balaban J connectivity index is 1.36. The summed E-state index contributed by atoms with van der Waals surface area (Å²) in [5, 5.41) is 0. The van der Waals surface area contributed by atoms with Crippen molar-refractivity contribution in [3.63, 3.8) is 0 Å². The second kappa shape index (κ2) is 6.52. The van der Waals surface area contributed by atoms with Crippen molar-refractivity contribution in [2.24, 2.45) is 5.92 Å². The lowest BCUT2D eigenvalue weighted by Gasteiger charge is -2.24. The molecule has 27 heavy (non-hydrogen) atoms. The molecule has 4 heteroatoms. The van der Waals surface area contributed by atoms with Gasteiger partial charge in [0.1, 0.15) is 0 Å². The van der Waals surface area contributed by atoms with Crippen LogP contribution in [0.3, 0.4) is 0 Å². The van der Waals surface area contributed by atoms with Gasteiger partial charge in [0, 0.05) is 30.1 Å². The zero-order chi connectivity index (χ0) is 18.4. The van der Waals surface area contributed by atoms with Gasteiger partial charge in [0.2, 0.25) is 5.91 Å². The molecule has 1 saturated carbocycles. The minimum Gasteiger partial charge on any atom is -0.452 e. The molecular weight excluding hydrogens is 338 g/mol. The maximum Gasteiger partial charge on any atom is 0.312 e. The van der Waals surface area contributed by atoms with E-state index in [4.69, 9.17) is 4.74 Å². The predicted octanol–water partition coefficient (Wildman–Crippen LogP) is 4.09. The number of likely N-dealkylation sites (tertiary alicyclic amines) is 1. The molecule has 1 saturated heterocycles. The van der Waals surface area contributed by atoms with E-state index in [2.05, 4.69) is 12.1 Å². The van der Waals surface area contributed by atoms with Gasteiger partial charge in [-0.3, -0.25) is 9.59 Å². The highest BCUT2D eigenvalue weighted by Crippen LogP contribution is 2.45. The van der Waals surface area contributed by atoms with E-state index in [1.54, 1.807) is 0 Å². The van der Waals surface area contributed by atoms with Gasteiger partial charge in [-0.15, -0.1) is 0 Å². The zero-order valence-electron chi connectivity index (χ0n) is 15.3. The highest BCUT2D eigenvalue weighted by molar-refractivity contribution is 5.88. The third-order valence-corrected chi connectivity index (χ3v) is 6.27. The number of rotatable bonds is 3. The van der Waals surface area contributed by atoms with Gasteiger partial charge in [-0.2, -0.15) is 0 Å². The number of benzene rings is 2. The summed E-state index contributed by atoms with van der Waals surface area (Å²) in [4.78, 5) is 27.3. The third-order valence-electron chi connectivity index (χ3n) is 6.27. The fourth-order valence-electron chi connectivity index (χ4n) is 4.91. The Morgan fingerprint density at radius 1 is 0.926 bits per heavy atom. The van der Waals surface area contributed by atoms with Crippen LogP contribution >= 0.6 is 0 Å². The van der Waals surface area contributed by atoms with Gasteiger partial charge in [0.05, 0.1) is 5.92 Å². The summed E-state index contributed by atoms with van der Waals surface area (Å²) < 4.78 is 5.99. The average Bonchev–Trinajstić information content (AvgIpc) is 3.41. The molecule has 1 heterocycles. The molecule has 3 aliphatic rings. The van der Waals surface area contributed by atoms with E-state index < -0.39 is 0 Å². The fourth-order valence-corrected chi connectivity index (χ4v) is 4.91. The lowest BCUT2D eigenvalue weighted by Crippen LogP contribution is -2.35. The predicted molar refractivity (Wildman–Crippen MR) is 102 cm³/mol. The Morgan fingerprint density at radius 3 is 2.15 bits per heavy atom. The van der Waals surface area contributed by atoms with Crippen molar-refractivity contribution in [2.45, 2.75) is 44.2 Å². The first-order valence-corrected chi connectivity index (χ1v) is 9.90. The number of hydrogen-bond donors (Lipinski definition) is 0. The molecule has 0 unspecified atom stereocenters. The Labute approximate surface area is 159 Å². The van der Waals surface area contributed by atoms with Gasteiger partial charge >= 0.3 is 5.97 Å². The lowest BCUT2D eigenvalue weighted by molar-refractivity contribution is -0.152. The minimum absolute atomic E-state index is 0.107. The van der Waals surface area contributed by atoms with E-state index >= 15 is 0 Å². The van der Waals surface area contributed by atoms with Gasteiger partial charge in [-0.25, -0.2) is 0 Å². The van der Waals surface area contributed by atoms with Crippen molar-refractivity contribution in [1.82, 2.24) is 4.90 Å². The molecule has 4 nitrogen and oxygen atoms in total. The summed E-state index contributed by atoms with van der Waals surface area (Å²) in [7, 11) is 0.